The Morgan fingerprint density at radius 3 is 1.28 bits per heavy atom. The summed E-state index contributed by atoms with van der Waals surface area (Å²) in [7, 11) is 0. The molecule has 54 heavy (non-hydrogen) atoms. The van der Waals surface area contributed by atoms with Gasteiger partial charge in [0.15, 0.2) is 10.3 Å². The Balaban J connectivity index is 0.839. The summed E-state index contributed by atoms with van der Waals surface area (Å²) in [6.07, 6.45) is 0. The number of ether oxygens (including phenoxy) is 2. The number of aromatic nitrogens is 4. The van der Waals surface area contributed by atoms with Crippen molar-refractivity contribution in [1.82, 2.24) is 19.9 Å². The van der Waals surface area contributed by atoms with Crippen LogP contribution in [0.2, 0.25) is 0 Å². The van der Waals surface area contributed by atoms with Crippen molar-refractivity contribution < 1.29 is 28.9 Å². The topological polar surface area (TPSA) is 220 Å². The van der Waals surface area contributed by atoms with Crippen molar-refractivity contribution in [2.45, 2.75) is 10.3 Å². The highest BCUT2D eigenvalue weighted by atomic mass is 32.2. The van der Waals surface area contributed by atoms with Crippen LogP contribution in [-0.4, -0.2) is 53.1 Å². The normalized spacial score (nSPS) is 11.0. The van der Waals surface area contributed by atoms with Crippen LogP contribution in [0.5, 0.6) is 23.0 Å². The summed E-state index contributed by atoms with van der Waals surface area (Å²) >= 11 is 2.37. The number of non-ortho nitro benzene ring substituents is 2. The first-order valence-corrected chi connectivity index (χ1v) is 17.9. The van der Waals surface area contributed by atoms with Gasteiger partial charge in [-0.1, -0.05) is 23.5 Å². The summed E-state index contributed by atoms with van der Waals surface area (Å²) in [6, 6.07) is 29.5. The Morgan fingerprint density at radius 1 is 0.574 bits per heavy atom. The number of rotatable bonds is 14. The average Bonchev–Trinajstić information content (AvgIpc) is 3.78. The lowest BCUT2D eigenvalue weighted by Gasteiger charge is -2.10. The van der Waals surface area contributed by atoms with Gasteiger partial charge in [-0.3, -0.25) is 29.8 Å². The van der Waals surface area contributed by atoms with Crippen LogP contribution in [0.25, 0.3) is 22.1 Å². The highest BCUT2D eigenvalue weighted by Gasteiger charge is 2.13. The van der Waals surface area contributed by atoms with Gasteiger partial charge in [-0.2, -0.15) is 0 Å². The molecule has 0 aliphatic heterocycles. The fraction of sp³-hybridized carbons (Fsp3) is 0.0556. The molecule has 0 aliphatic carbocycles. The van der Waals surface area contributed by atoms with Gasteiger partial charge in [0.2, 0.25) is 11.8 Å². The minimum Gasteiger partial charge on any atom is -0.457 e. The van der Waals surface area contributed by atoms with Gasteiger partial charge < -0.3 is 30.1 Å². The molecule has 0 spiro atoms. The second-order valence-corrected chi connectivity index (χ2v) is 13.3. The zero-order chi connectivity index (χ0) is 37.6. The Bertz CT molecular complexity index is 2330. The van der Waals surface area contributed by atoms with Crippen LogP contribution in [0.4, 0.5) is 22.7 Å². The Morgan fingerprint density at radius 2 is 0.926 bits per heavy atom. The number of benzene rings is 5. The molecule has 0 radical (unpaired) electrons. The molecule has 2 amide bonds. The number of fused-ring (bicyclic) bond motifs is 2. The second kappa shape index (κ2) is 15.8. The maximum absolute atomic E-state index is 12.5. The van der Waals surface area contributed by atoms with Gasteiger partial charge in [0.25, 0.3) is 11.4 Å². The van der Waals surface area contributed by atoms with Gasteiger partial charge in [-0.05, 0) is 84.9 Å². The van der Waals surface area contributed by atoms with Gasteiger partial charge in [0.1, 0.15) is 23.0 Å². The zero-order valence-corrected chi connectivity index (χ0v) is 29.3. The summed E-state index contributed by atoms with van der Waals surface area (Å²) < 4.78 is 11.9. The molecule has 7 rings (SSSR count). The molecule has 0 bridgehead atoms. The van der Waals surface area contributed by atoms with E-state index in [0.29, 0.717) is 66.8 Å². The minimum atomic E-state index is -0.478. The van der Waals surface area contributed by atoms with E-state index in [1.54, 1.807) is 84.9 Å². The van der Waals surface area contributed by atoms with Crippen LogP contribution in [0.1, 0.15) is 0 Å². The maximum atomic E-state index is 12.5. The molecule has 18 heteroatoms. The Hall–Kier alpha value is -6.92. The number of hydrogen-bond acceptors (Lipinski definition) is 12. The van der Waals surface area contributed by atoms with Crippen molar-refractivity contribution in [3.63, 3.8) is 0 Å². The lowest BCUT2D eigenvalue weighted by atomic mass is 10.3. The van der Waals surface area contributed by atoms with Crippen LogP contribution < -0.4 is 20.1 Å². The van der Waals surface area contributed by atoms with E-state index < -0.39 is 9.85 Å². The third-order valence-electron chi connectivity index (χ3n) is 7.56. The quantitative estimate of drug-likeness (QED) is 0.0467. The van der Waals surface area contributed by atoms with Gasteiger partial charge in [-0.25, -0.2) is 9.97 Å². The largest absolute Gasteiger partial charge is 0.457 e. The molecule has 2 aromatic heterocycles. The third kappa shape index (κ3) is 8.92. The number of thioether (sulfide) groups is 2. The molecule has 0 saturated carbocycles. The number of nitrogens with one attached hydrogen (secondary N) is 4. The minimum absolute atomic E-state index is 0.0432. The number of anilines is 2. The third-order valence-corrected chi connectivity index (χ3v) is 9.31. The van der Waals surface area contributed by atoms with Gasteiger partial charge in [0.05, 0.1) is 43.4 Å². The predicted octanol–water partition coefficient (Wildman–Crippen LogP) is 8.30. The zero-order valence-electron chi connectivity index (χ0n) is 27.7. The van der Waals surface area contributed by atoms with E-state index >= 15 is 0 Å². The summed E-state index contributed by atoms with van der Waals surface area (Å²) in [4.78, 5) is 60.8. The maximum Gasteiger partial charge on any atom is 0.271 e. The first-order chi connectivity index (χ1) is 26.1. The fourth-order valence-corrected chi connectivity index (χ4v) is 6.40. The fourth-order valence-electron chi connectivity index (χ4n) is 5.03. The van der Waals surface area contributed by atoms with Gasteiger partial charge >= 0.3 is 0 Å². The van der Waals surface area contributed by atoms with Crippen LogP contribution in [0, 0.1) is 20.2 Å². The summed E-state index contributed by atoms with van der Waals surface area (Å²) in [6.45, 7) is 0. The molecule has 0 fully saturated rings. The monoisotopic (exact) mass is 762 g/mol. The van der Waals surface area contributed by atoms with Crippen LogP contribution in [0.15, 0.2) is 120 Å². The molecule has 4 N–H and O–H groups in total. The van der Waals surface area contributed by atoms with Crippen LogP contribution >= 0.6 is 23.5 Å². The van der Waals surface area contributed by atoms with Crippen molar-refractivity contribution in [3.8, 4) is 23.0 Å². The van der Waals surface area contributed by atoms with Crippen molar-refractivity contribution in [2.24, 2.45) is 0 Å². The highest BCUT2D eigenvalue weighted by molar-refractivity contribution is 8.00. The molecule has 270 valence electrons. The predicted molar refractivity (Wildman–Crippen MR) is 204 cm³/mol. The highest BCUT2D eigenvalue weighted by Crippen LogP contribution is 2.29. The van der Waals surface area contributed by atoms with Crippen LogP contribution in [0.3, 0.4) is 0 Å². The van der Waals surface area contributed by atoms with E-state index in [4.69, 9.17) is 9.47 Å². The first-order valence-electron chi connectivity index (χ1n) is 15.9. The summed E-state index contributed by atoms with van der Waals surface area (Å²) in [5, 5.41) is 28.6. The van der Waals surface area contributed by atoms with Crippen molar-refractivity contribution in [1.29, 1.82) is 0 Å². The van der Waals surface area contributed by atoms with Crippen molar-refractivity contribution in [2.75, 3.05) is 22.1 Å². The van der Waals surface area contributed by atoms with E-state index in [1.165, 1.54) is 47.8 Å². The van der Waals surface area contributed by atoms with Gasteiger partial charge in [-0.15, -0.1) is 0 Å². The number of nitro groups is 2. The number of carbonyl (C=O) groups is 2. The number of amides is 2. The number of H-pyrrole nitrogens is 2. The molecule has 0 unspecified atom stereocenters. The number of aromatic amines is 2. The molecule has 0 aliphatic rings. The molecule has 16 nitrogen and oxygen atoms in total. The average molecular weight is 763 g/mol. The first kappa shape index (κ1) is 35.5. The smallest absolute Gasteiger partial charge is 0.271 e. The molecular formula is C36H26N8O8S2. The van der Waals surface area contributed by atoms with Gasteiger partial charge in [0, 0.05) is 35.6 Å². The van der Waals surface area contributed by atoms with Crippen LogP contribution in [-0.2, 0) is 9.59 Å². The second-order valence-electron chi connectivity index (χ2n) is 11.4. The Kier molecular flexibility index (Phi) is 10.4. The number of imidazole rings is 2. The summed E-state index contributed by atoms with van der Waals surface area (Å²) in [5.74, 6) is 1.95. The number of hydrogen-bond donors (Lipinski definition) is 4. The number of nitro benzene ring substituents is 2. The molecule has 2 heterocycles. The van der Waals surface area contributed by atoms with E-state index in [0.717, 1.165) is 0 Å². The lowest BCUT2D eigenvalue weighted by molar-refractivity contribution is -0.384. The number of nitrogens with zero attached hydrogens (tertiary/aromatic N) is 4. The summed E-state index contributed by atoms with van der Waals surface area (Å²) in [5.41, 5.74) is 3.27. The molecule has 0 saturated heterocycles. The van der Waals surface area contributed by atoms with E-state index in [1.807, 2.05) is 0 Å². The lowest BCUT2D eigenvalue weighted by Crippen LogP contribution is -2.14. The number of carbonyl (C=O) groups excluding carboxylic acids is 2. The standard InChI is InChI=1S/C36H26N8O8S2/c45-33(19-53-35-39-29-15-5-23(43(47)48)17-31(29)41-35)37-21-1-7-25(8-2-21)51-27-11-13-28(14-12-27)52-26-9-3-22(4-10-26)38-34(46)20-54-36-40-30-16-6-24(44(49)50)18-32(30)42-36/h1-18H,19-20H2,(H,37,45)(H,38,46)(H,39,41)(H,40,42). The SMILES string of the molecule is O=C(CSc1nc2ccc([N+](=O)[O-])cc2[nH]1)Nc1ccc(Oc2ccc(Oc3ccc(NC(=O)CSc4nc5ccc([N+](=O)[O-])cc5[nH]4)cc3)cc2)cc1. The molecule has 7 aromatic rings. The van der Waals surface area contributed by atoms with E-state index in [9.17, 15) is 29.8 Å². The van der Waals surface area contributed by atoms with Crippen molar-refractivity contribution in [3.05, 3.63) is 129 Å². The molecule has 5 aromatic carbocycles. The van der Waals surface area contributed by atoms with Crippen molar-refractivity contribution >= 4 is 80.2 Å². The Labute approximate surface area is 313 Å². The molecule has 0 atom stereocenters. The molecular weight excluding hydrogens is 737 g/mol. The van der Waals surface area contributed by atoms with E-state index in [-0.39, 0.29) is 34.7 Å². The van der Waals surface area contributed by atoms with E-state index in [2.05, 4.69) is 30.6 Å².